The Morgan fingerprint density at radius 1 is 1.42 bits per heavy atom. The highest BCUT2D eigenvalue weighted by Gasteiger charge is 2.14. The zero-order chi connectivity index (χ0) is 13.5. The Labute approximate surface area is 113 Å². The number of anilines is 1. The van der Waals surface area contributed by atoms with Crippen molar-refractivity contribution < 1.29 is 14.3 Å². The van der Waals surface area contributed by atoms with E-state index in [1.54, 1.807) is 19.2 Å². The van der Waals surface area contributed by atoms with Gasteiger partial charge in [0.15, 0.2) is 0 Å². The zero-order valence-corrected chi connectivity index (χ0v) is 11.1. The molecule has 1 atom stereocenters. The van der Waals surface area contributed by atoms with Crippen molar-refractivity contribution in [2.75, 3.05) is 32.1 Å². The van der Waals surface area contributed by atoms with E-state index in [1.807, 2.05) is 12.1 Å². The molecule has 1 aromatic rings. The number of ether oxygens (including phenoxy) is 2. The average molecular weight is 264 g/mol. The fourth-order valence-corrected chi connectivity index (χ4v) is 2.03. The second kappa shape index (κ2) is 7.11. The molecule has 1 unspecified atom stereocenters. The topological polar surface area (TPSA) is 59.6 Å². The van der Waals surface area contributed by atoms with Crippen LogP contribution in [-0.4, -0.2) is 38.8 Å². The van der Waals surface area contributed by atoms with Gasteiger partial charge in [-0.25, -0.2) is 0 Å². The minimum Gasteiger partial charge on any atom is -0.497 e. The van der Waals surface area contributed by atoms with E-state index in [0.717, 1.165) is 37.4 Å². The number of benzene rings is 1. The molecule has 0 radical (unpaired) electrons. The molecule has 1 fully saturated rings. The van der Waals surface area contributed by atoms with Crippen molar-refractivity contribution in [2.45, 2.75) is 18.9 Å². The van der Waals surface area contributed by atoms with Crippen molar-refractivity contribution >= 4 is 11.6 Å². The highest BCUT2D eigenvalue weighted by atomic mass is 16.5. The molecule has 0 aromatic heterocycles. The van der Waals surface area contributed by atoms with E-state index in [1.165, 1.54) is 0 Å². The molecular formula is C14H20N2O3. The Morgan fingerprint density at radius 3 is 2.84 bits per heavy atom. The summed E-state index contributed by atoms with van der Waals surface area (Å²) in [5.41, 5.74) is 0.746. The molecule has 2 rings (SSSR count). The summed E-state index contributed by atoms with van der Waals surface area (Å²) in [6.07, 6.45) is 2.27. The third-order valence-electron chi connectivity index (χ3n) is 3.08. The van der Waals surface area contributed by atoms with E-state index in [2.05, 4.69) is 10.6 Å². The smallest absolute Gasteiger partial charge is 0.250 e. The summed E-state index contributed by atoms with van der Waals surface area (Å²) < 4.78 is 10.6. The lowest BCUT2D eigenvalue weighted by molar-refractivity contribution is -0.122. The van der Waals surface area contributed by atoms with E-state index in [-0.39, 0.29) is 18.6 Å². The van der Waals surface area contributed by atoms with Crippen LogP contribution in [0.2, 0.25) is 0 Å². The third kappa shape index (κ3) is 4.54. The molecule has 1 amide bonds. The van der Waals surface area contributed by atoms with Crippen molar-refractivity contribution in [1.29, 1.82) is 0 Å². The number of amides is 1. The minimum atomic E-state index is -0.129. The average Bonchev–Trinajstić information content (AvgIpc) is 2.47. The van der Waals surface area contributed by atoms with E-state index >= 15 is 0 Å². The van der Waals surface area contributed by atoms with Crippen LogP contribution in [0.4, 0.5) is 5.69 Å². The van der Waals surface area contributed by atoms with Gasteiger partial charge in [-0.05, 0) is 43.7 Å². The van der Waals surface area contributed by atoms with Gasteiger partial charge in [0.25, 0.3) is 0 Å². The summed E-state index contributed by atoms with van der Waals surface area (Å²) in [5.74, 6) is 0.637. The lowest BCUT2D eigenvalue weighted by Gasteiger charge is -2.22. The maximum absolute atomic E-state index is 11.7. The number of methoxy groups -OCH3 is 1. The first-order valence-corrected chi connectivity index (χ1v) is 6.54. The monoisotopic (exact) mass is 264 g/mol. The van der Waals surface area contributed by atoms with Gasteiger partial charge in [-0.1, -0.05) is 0 Å². The summed E-state index contributed by atoms with van der Waals surface area (Å²) in [6.45, 7) is 1.96. The van der Waals surface area contributed by atoms with Crippen LogP contribution in [0, 0.1) is 0 Å². The van der Waals surface area contributed by atoms with Crippen LogP contribution in [0.15, 0.2) is 24.3 Å². The van der Waals surface area contributed by atoms with Crippen molar-refractivity contribution in [3.8, 4) is 5.75 Å². The van der Waals surface area contributed by atoms with E-state index < -0.39 is 0 Å². The Balaban J connectivity index is 1.73. The molecule has 5 heteroatoms. The van der Waals surface area contributed by atoms with Crippen LogP contribution in [0.5, 0.6) is 5.75 Å². The number of hydrogen-bond donors (Lipinski definition) is 2. The fraction of sp³-hybridized carbons (Fsp3) is 0.500. The largest absolute Gasteiger partial charge is 0.497 e. The van der Waals surface area contributed by atoms with Gasteiger partial charge in [0.2, 0.25) is 5.91 Å². The first-order chi connectivity index (χ1) is 9.28. The fourth-order valence-electron chi connectivity index (χ4n) is 2.03. The summed E-state index contributed by atoms with van der Waals surface area (Å²) in [5, 5.41) is 6.04. The summed E-state index contributed by atoms with van der Waals surface area (Å²) in [7, 11) is 1.61. The second-order valence-electron chi connectivity index (χ2n) is 4.56. The molecule has 1 heterocycles. The van der Waals surface area contributed by atoms with Gasteiger partial charge in [0.1, 0.15) is 12.4 Å². The van der Waals surface area contributed by atoms with Gasteiger partial charge in [0.05, 0.1) is 13.2 Å². The predicted octanol–water partition coefficient (Wildman–Crippen LogP) is 1.40. The van der Waals surface area contributed by atoms with Gasteiger partial charge in [-0.2, -0.15) is 0 Å². The molecule has 0 spiro atoms. The van der Waals surface area contributed by atoms with Gasteiger partial charge in [-0.15, -0.1) is 0 Å². The molecule has 5 nitrogen and oxygen atoms in total. The van der Waals surface area contributed by atoms with Crippen LogP contribution in [-0.2, 0) is 9.53 Å². The summed E-state index contributed by atoms with van der Waals surface area (Å²) in [6, 6.07) is 7.22. The molecular weight excluding hydrogens is 244 g/mol. The number of nitrogens with one attached hydrogen (secondary N) is 2. The number of piperidine rings is 1. The van der Waals surface area contributed by atoms with Gasteiger partial charge in [-0.3, -0.25) is 4.79 Å². The third-order valence-corrected chi connectivity index (χ3v) is 3.08. The van der Waals surface area contributed by atoms with Crippen molar-refractivity contribution in [3.63, 3.8) is 0 Å². The van der Waals surface area contributed by atoms with Crippen molar-refractivity contribution in [3.05, 3.63) is 24.3 Å². The first-order valence-electron chi connectivity index (χ1n) is 6.54. The number of carbonyl (C=O) groups is 1. The molecule has 1 aliphatic heterocycles. The molecule has 104 valence electrons. The van der Waals surface area contributed by atoms with Crippen LogP contribution in [0.1, 0.15) is 12.8 Å². The maximum Gasteiger partial charge on any atom is 0.250 e. The maximum atomic E-state index is 11.7. The standard InChI is InChI=1S/C14H20N2O3/c1-18-12-6-4-11(5-7-12)16-14(17)10-19-13-3-2-8-15-9-13/h4-7,13,15H,2-3,8-10H2,1H3,(H,16,17). The number of carbonyl (C=O) groups excluding carboxylic acids is 1. The van der Waals surface area contributed by atoms with E-state index in [9.17, 15) is 4.79 Å². The SMILES string of the molecule is COc1ccc(NC(=O)COC2CCCNC2)cc1. The first kappa shape index (κ1) is 13.8. The summed E-state index contributed by atoms with van der Waals surface area (Å²) in [4.78, 5) is 11.7. The zero-order valence-electron chi connectivity index (χ0n) is 11.1. The predicted molar refractivity (Wildman–Crippen MR) is 73.5 cm³/mol. The van der Waals surface area contributed by atoms with E-state index in [4.69, 9.17) is 9.47 Å². The molecule has 19 heavy (non-hydrogen) atoms. The molecule has 2 N–H and O–H groups in total. The normalized spacial score (nSPS) is 18.9. The Kier molecular flexibility index (Phi) is 5.18. The van der Waals surface area contributed by atoms with E-state index in [0.29, 0.717) is 0 Å². The Morgan fingerprint density at radius 2 is 2.21 bits per heavy atom. The highest BCUT2D eigenvalue weighted by molar-refractivity contribution is 5.91. The van der Waals surface area contributed by atoms with Crippen LogP contribution in [0.3, 0.4) is 0 Å². The van der Waals surface area contributed by atoms with Gasteiger partial charge in [0, 0.05) is 12.2 Å². The molecule has 0 saturated carbocycles. The second-order valence-corrected chi connectivity index (χ2v) is 4.56. The molecule has 1 aliphatic rings. The summed E-state index contributed by atoms with van der Waals surface area (Å²) >= 11 is 0. The van der Waals surface area contributed by atoms with Crippen LogP contribution >= 0.6 is 0 Å². The molecule has 0 aliphatic carbocycles. The molecule has 0 bridgehead atoms. The lowest BCUT2D eigenvalue weighted by Crippen LogP contribution is -2.37. The highest BCUT2D eigenvalue weighted by Crippen LogP contribution is 2.15. The minimum absolute atomic E-state index is 0.0956. The number of hydrogen-bond acceptors (Lipinski definition) is 4. The van der Waals surface area contributed by atoms with Crippen molar-refractivity contribution in [1.82, 2.24) is 5.32 Å². The number of rotatable bonds is 5. The van der Waals surface area contributed by atoms with Gasteiger partial charge >= 0.3 is 0 Å². The van der Waals surface area contributed by atoms with Gasteiger partial charge < -0.3 is 20.1 Å². The Hall–Kier alpha value is -1.59. The molecule has 1 aromatic carbocycles. The van der Waals surface area contributed by atoms with Crippen molar-refractivity contribution in [2.24, 2.45) is 0 Å². The lowest BCUT2D eigenvalue weighted by atomic mass is 10.1. The molecule has 1 saturated heterocycles. The van der Waals surface area contributed by atoms with Crippen LogP contribution < -0.4 is 15.4 Å². The Bertz CT molecular complexity index is 400. The van der Waals surface area contributed by atoms with Crippen LogP contribution in [0.25, 0.3) is 0 Å². The quantitative estimate of drug-likeness (QED) is 0.844.